The largest absolute Gasteiger partial charge is 0.459 e. The molecule has 0 bridgehead atoms. The molecule has 0 amide bonds. The van der Waals surface area contributed by atoms with E-state index in [1.54, 1.807) is 0 Å². The van der Waals surface area contributed by atoms with Crippen LogP contribution in [-0.4, -0.2) is 6.79 Å². The highest BCUT2D eigenvalue weighted by Gasteiger charge is 2.13. The summed E-state index contributed by atoms with van der Waals surface area (Å²) in [7, 11) is 0. The molecule has 0 radical (unpaired) electrons. The van der Waals surface area contributed by atoms with Crippen LogP contribution in [0.3, 0.4) is 0 Å². The van der Waals surface area contributed by atoms with Gasteiger partial charge in [0.05, 0.1) is 6.54 Å². The molecule has 3 aromatic rings. The van der Waals surface area contributed by atoms with Crippen LogP contribution in [0.4, 0.5) is 5.69 Å². The van der Waals surface area contributed by atoms with Gasteiger partial charge in [0.25, 0.3) is 0 Å². The molecular formula is C19H16ClNO3. The van der Waals surface area contributed by atoms with Gasteiger partial charge in [0.2, 0.25) is 6.79 Å². The number of ether oxygens (including phenoxy) is 2. The highest BCUT2D eigenvalue weighted by atomic mass is 35.5. The maximum atomic E-state index is 6.18. The molecule has 0 saturated carbocycles. The Kier molecular flexibility index (Phi) is 3.82. The number of furan rings is 1. The van der Waals surface area contributed by atoms with Crippen molar-refractivity contribution in [2.75, 3.05) is 12.1 Å². The van der Waals surface area contributed by atoms with Crippen molar-refractivity contribution >= 4 is 17.3 Å². The molecule has 0 fully saturated rings. The molecule has 1 aliphatic heterocycles. The Hall–Kier alpha value is -2.59. The van der Waals surface area contributed by atoms with E-state index in [2.05, 4.69) is 5.32 Å². The summed E-state index contributed by atoms with van der Waals surface area (Å²) < 4.78 is 16.6. The molecule has 24 heavy (non-hydrogen) atoms. The van der Waals surface area contributed by atoms with Crippen molar-refractivity contribution in [1.29, 1.82) is 0 Å². The number of nitrogens with one attached hydrogen (secondary N) is 1. The number of hydrogen-bond donors (Lipinski definition) is 1. The Morgan fingerprint density at radius 2 is 1.92 bits per heavy atom. The summed E-state index contributed by atoms with van der Waals surface area (Å²) in [5, 5.41) is 4.07. The Morgan fingerprint density at radius 3 is 2.83 bits per heavy atom. The maximum Gasteiger partial charge on any atom is 0.231 e. The van der Waals surface area contributed by atoms with E-state index >= 15 is 0 Å². The van der Waals surface area contributed by atoms with E-state index in [0.29, 0.717) is 6.54 Å². The molecule has 4 nitrogen and oxygen atoms in total. The lowest BCUT2D eigenvalue weighted by atomic mass is 10.1. The molecule has 122 valence electrons. The fourth-order valence-corrected chi connectivity index (χ4v) is 2.86. The first-order chi connectivity index (χ1) is 11.7. The Balaban J connectivity index is 1.48. The zero-order chi connectivity index (χ0) is 16.5. The second-order valence-electron chi connectivity index (χ2n) is 5.60. The van der Waals surface area contributed by atoms with E-state index in [-0.39, 0.29) is 6.79 Å². The number of halogens is 1. The lowest BCUT2D eigenvalue weighted by Gasteiger charge is -2.06. The normalized spacial score (nSPS) is 12.4. The molecule has 5 heteroatoms. The summed E-state index contributed by atoms with van der Waals surface area (Å²) >= 11 is 6.18. The molecule has 2 aromatic carbocycles. The quantitative estimate of drug-likeness (QED) is 0.704. The first-order valence-electron chi connectivity index (χ1n) is 7.68. The molecule has 0 saturated heterocycles. The van der Waals surface area contributed by atoms with Crippen molar-refractivity contribution in [3.05, 3.63) is 64.9 Å². The minimum Gasteiger partial charge on any atom is -0.459 e. The SMILES string of the molecule is Cc1c(Cl)cccc1-c1ccc(CNc2ccc3c(c2)OCO3)o1. The topological polar surface area (TPSA) is 43.6 Å². The third kappa shape index (κ3) is 2.81. The maximum absolute atomic E-state index is 6.18. The van der Waals surface area contributed by atoms with E-state index in [0.717, 1.165) is 44.9 Å². The number of hydrogen-bond acceptors (Lipinski definition) is 4. The fourth-order valence-electron chi connectivity index (χ4n) is 2.69. The Bertz CT molecular complexity index is 888. The number of benzene rings is 2. The predicted octanol–water partition coefficient (Wildman–Crippen LogP) is 5.25. The number of fused-ring (bicyclic) bond motifs is 1. The second-order valence-corrected chi connectivity index (χ2v) is 6.01. The van der Waals surface area contributed by atoms with Crippen molar-refractivity contribution < 1.29 is 13.9 Å². The van der Waals surface area contributed by atoms with Crippen LogP contribution in [0.2, 0.25) is 5.02 Å². The Labute approximate surface area is 145 Å². The molecule has 0 unspecified atom stereocenters. The van der Waals surface area contributed by atoms with Crippen LogP contribution < -0.4 is 14.8 Å². The van der Waals surface area contributed by atoms with Crippen LogP contribution >= 0.6 is 11.6 Å². The van der Waals surface area contributed by atoms with Gasteiger partial charge in [-0.3, -0.25) is 0 Å². The van der Waals surface area contributed by atoms with Gasteiger partial charge in [-0.2, -0.15) is 0 Å². The Morgan fingerprint density at radius 1 is 1.04 bits per heavy atom. The molecule has 0 atom stereocenters. The van der Waals surface area contributed by atoms with Crippen molar-refractivity contribution in [2.45, 2.75) is 13.5 Å². The first kappa shape index (κ1) is 15.0. The summed E-state index contributed by atoms with van der Waals surface area (Å²) in [4.78, 5) is 0. The van der Waals surface area contributed by atoms with Gasteiger partial charge in [-0.05, 0) is 42.8 Å². The minimum atomic E-state index is 0.277. The second kappa shape index (κ2) is 6.13. The van der Waals surface area contributed by atoms with Crippen molar-refractivity contribution in [1.82, 2.24) is 0 Å². The van der Waals surface area contributed by atoms with E-state index in [1.165, 1.54) is 0 Å². The number of anilines is 1. The van der Waals surface area contributed by atoms with E-state index in [9.17, 15) is 0 Å². The summed E-state index contributed by atoms with van der Waals surface area (Å²) in [6, 6.07) is 15.5. The third-order valence-electron chi connectivity index (χ3n) is 4.03. The molecule has 0 spiro atoms. The fraction of sp³-hybridized carbons (Fsp3) is 0.158. The standard InChI is InChI=1S/C19H16ClNO3/c1-12-15(3-2-4-16(12)20)17-8-6-14(24-17)10-21-13-5-7-18-19(9-13)23-11-22-18/h2-9,21H,10-11H2,1H3. The van der Waals surface area contributed by atoms with E-state index < -0.39 is 0 Å². The van der Waals surface area contributed by atoms with Crippen molar-refractivity contribution in [3.8, 4) is 22.8 Å². The highest BCUT2D eigenvalue weighted by molar-refractivity contribution is 6.31. The zero-order valence-corrected chi connectivity index (χ0v) is 13.9. The molecular weight excluding hydrogens is 326 g/mol. The van der Waals surface area contributed by atoms with Crippen LogP contribution in [-0.2, 0) is 6.54 Å². The van der Waals surface area contributed by atoms with Crippen LogP contribution in [0.1, 0.15) is 11.3 Å². The average Bonchev–Trinajstić information content (AvgIpc) is 3.24. The molecule has 2 heterocycles. The van der Waals surface area contributed by atoms with Crippen molar-refractivity contribution in [3.63, 3.8) is 0 Å². The molecule has 1 aliphatic rings. The zero-order valence-electron chi connectivity index (χ0n) is 13.1. The van der Waals surface area contributed by atoms with Gasteiger partial charge in [0, 0.05) is 22.3 Å². The molecule has 1 N–H and O–H groups in total. The van der Waals surface area contributed by atoms with Gasteiger partial charge in [-0.25, -0.2) is 0 Å². The predicted molar refractivity (Wildman–Crippen MR) is 93.8 cm³/mol. The van der Waals surface area contributed by atoms with Gasteiger partial charge in [0.15, 0.2) is 11.5 Å². The van der Waals surface area contributed by atoms with E-state index in [1.807, 2.05) is 55.5 Å². The van der Waals surface area contributed by atoms with Crippen LogP contribution in [0.15, 0.2) is 52.9 Å². The highest BCUT2D eigenvalue weighted by Crippen LogP contribution is 2.34. The molecule has 1 aromatic heterocycles. The van der Waals surface area contributed by atoms with Crippen LogP contribution in [0, 0.1) is 6.92 Å². The monoisotopic (exact) mass is 341 g/mol. The van der Waals surface area contributed by atoms with Gasteiger partial charge in [-0.1, -0.05) is 23.7 Å². The van der Waals surface area contributed by atoms with Crippen LogP contribution in [0.25, 0.3) is 11.3 Å². The third-order valence-corrected chi connectivity index (χ3v) is 4.44. The van der Waals surface area contributed by atoms with E-state index in [4.69, 9.17) is 25.5 Å². The average molecular weight is 342 g/mol. The number of rotatable bonds is 4. The van der Waals surface area contributed by atoms with Crippen LogP contribution in [0.5, 0.6) is 11.5 Å². The van der Waals surface area contributed by atoms with Gasteiger partial charge < -0.3 is 19.2 Å². The van der Waals surface area contributed by atoms with Gasteiger partial charge >= 0.3 is 0 Å². The first-order valence-corrected chi connectivity index (χ1v) is 8.06. The summed E-state index contributed by atoms with van der Waals surface area (Å²) in [6.45, 7) is 2.85. The smallest absolute Gasteiger partial charge is 0.231 e. The lowest BCUT2D eigenvalue weighted by molar-refractivity contribution is 0.174. The molecule has 0 aliphatic carbocycles. The lowest BCUT2D eigenvalue weighted by Crippen LogP contribution is -1.97. The minimum absolute atomic E-state index is 0.277. The molecule has 4 rings (SSSR count). The summed E-state index contributed by atoms with van der Waals surface area (Å²) in [5.41, 5.74) is 2.98. The van der Waals surface area contributed by atoms with Gasteiger partial charge in [0.1, 0.15) is 11.5 Å². The summed E-state index contributed by atoms with van der Waals surface area (Å²) in [5.74, 6) is 3.20. The summed E-state index contributed by atoms with van der Waals surface area (Å²) in [6.07, 6.45) is 0. The van der Waals surface area contributed by atoms with Crippen molar-refractivity contribution in [2.24, 2.45) is 0 Å². The van der Waals surface area contributed by atoms with Gasteiger partial charge in [-0.15, -0.1) is 0 Å².